The monoisotopic (exact) mass is 307 g/mol. The van der Waals surface area contributed by atoms with Crippen molar-refractivity contribution < 1.29 is 19.4 Å². The molecule has 5 nitrogen and oxygen atoms in total. The normalized spacial score (nSPS) is 11.7. The third-order valence-corrected chi connectivity index (χ3v) is 3.55. The zero-order valence-electron chi connectivity index (χ0n) is 11.6. The van der Waals surface area contributed by atoms with Crippen molar-refractivity contribution in [3.8, 4) is 11.5 Å². The van der Waals surface area contributed by atoms with Crippen LogP contribution in [0.2, 0.25) is 0 Å². The van der Waals surface area contributed by atoms with Crippen LogP contribution in [0.3, 0.4) is 0 Å². The molecule has 2 N–H and O–H groups in total. The molecule has 1 aromatic carbocycles. The van der Waals surface area contributed by atoms with Crippen molar-refractivity contribution in [3.05, 3.63) is 46.7 Å². The molecule has 21 heavy (non-hydrogen) atoms. The van der Waals surface area contributed by atoms with E-state index in [4.69, 9.17) is 9.47 Å². The van der Waals surface area contributed by atoms with Gasteiger partial charge in [-0.3, -0.25) is 4.79 Å². The lowest BCUT2D eigenvalue weighted by atomic mass is 10.2. The van der Waals surface area contributed by atoms with Crippen LogP contribution in [0.4, 0.5) is 0 Å². The summed E-state index contributed by atoms with van der Waals surface area (Å²) in [6.07, 6.45) is -0.693. The zero-order valence-corrected chi connectivity index (χ0v) is 12.4. The minimum absolute atomic E-state index is 0.0946. The molecule has 0 radical (unpaired) electrons. The number of carbonyl (C=O) groups is 1. The Balaban J connectivity index is 1.71. The summed E-state index contributed by atoms with van der Waals surface area (Å²) in [5.41, 5.74) is 0.802. The molecule has 1 heterocycles. The Labute approximate surface area is 127 Å². The van der Waals surface area contributed by atoms with Gasteiger partial charge in [0.2, 0.25) is 0 Å². The molecular weight excluding hydrogens is 290 g/mol. The number of carbonyl (C=O) groups excluding carboxylic acids is 1. The van der Waals surface area contributed by atoms with Crippen LogP contribution in [0.1, 0.15) is 11.7 Å². The molecule has 0 aliphatic heterocycles. The number of rotatable bonds is 7. The van der Waals surface area contributed by atoms with E-state index >= 15 is 0 Å². The Morgan fingerprint density at radius 2 is 2.00 bits per heavy atom. The molecule has 0 saturated heterocycles. The molecule has 2 rings (SSSR count). The topological polar surface area (TPSA) is 67.8 Å². The van der Waals surface area contributed by atoms with Crippen molar-refractivity contribution >= 4 is 17.2 Å². The van der Waals surface area contributed by atoms with Gasteiger partial charge in [0.25, 0.3) is 5.91 Å². The molecule has 6 heteroatoms. The number of methoxy groups -OCH3 is 1. The van der Waals surface area contributed by atoms with Crippen LogP contribution in [0.25, 0.3) is 0 Å². The van der Waals surface area contributed by atoms with Gasteiger partial charge in [0.15, 0.2) is 6.61 Å². The van der Waals surface area contributed by atoms with E-state index in [2.05, 4.69) is 5.32 Å². The summed E-state index contributed by atoms with van der Waals surface area (Å²) < 4.78 is 10.4. The molecule has 0 fully saturated rings. The maximum atomic E-state index is 11.6. The first-order valence-electron chi connectivity index (χ1n) is 6.42. The van der Waals surface area contributed by atoms with Crippen LogP contribution in [-0.2, 0) is 4.79 Å². The highest BCUT2D eigenvalue weighted by Gasteiger charge is 2.10. The van der Waals surface area contributed by atoms with Gasteiger partial charge in [-0.25, -0.2) is 0 Å². The third kappa shape index (κ3) is 4.77. The van der Waals surface area contributed by atoms with E-state index in [1.807, 2.05) is 16.8 Å². The van der Waals surface area contributed by atoms with Crippen LogP contribution >= 0.6 is 11.3 Å². The van der Waals surface area contributed by atoms with Crippen LogP contribution in [0, 0.1) is 0 Å². The van der Waals surface area contributed by atoms with Gasteiger partial charge in [-0.15, -0.1) is 0 Å². The highest BCUT2D eigenvalue weighted by molar-refractivity contribution is 7.07. The van der Waals surface area contributed by atoms with E-state index in [0.29, 0.717) is 5.75 Å². The van der Waals surface area contributed by atoms with Gasteiger partial charge in [-0.2, -0.15) is 11.3 Å². The molecule has 112 valence electrons. The van der Waals surface area contributed by atoms with Gasteiger partial charge < -0.3 is 19.9 Å². The molecule has 1 aromatic heterocycles. The Morgan fingerprint density at radius 3 is 2.62 bits per heavy atom. The number of hydrogen-bond acceptors (Lipinski definition) is 5. The van der Waals surface area contributed by atoms with Crippen LogP contribution in [0.5, 0.6) is 11.5 Å². The molecule has 0 aliphatic rings. The summed E-state index contributed by atoms with van der Waals surface area (Å²) in [6, 6.07) is 8.80. The Morgan fingerprint density at radius 1 is 1.29 bits per heavy atom. The minimum Gasteiger partial charge on any atom is -0.497 e. The lowest BCUT2D eigenvalue weighted by Gasteiger charge is -2.11. The second-order valence-corrected chi connectivity index (χ2v) is 5.12. The summed E-state index contributed by atoms with van der Waals surface area (Å²) in [6.45, 7) is 0.0736. The fourth-order valence-corrected chi connectivity index (χ4v) is 2.37. The highest BCUT2D eigenvalue weighted by atomic mass is 32.1. The molecular formula is C15H17NO4S. The van der Waals surface area contributed by atoms with E-state index in [1.165, 1.54) is 11.3 Å². The second kappa shape index (κ2) is 7.66. The summed E-state index contributed by atoms with van der Waals surface area (Å²) in [7, 11) is 1.59. The molecule has 1 atom stereocenters. The average molecular weight is 307 g/mol. The van der Waals surface area contributed by atoms with Gasteiger partial charge in [0.1, 0.15) is 11.5 Å². The predicted octanol–water partition coefficient (Wildman–Crippen LogP) is 1.99. The first kappa shape index (κ1) is 15.3. The van der Waals surface area contributed by atoms with Gasteiger partial charge in [-0.05, 0) is 46.7 Å². The number of ether oxygens (including phenoxy) is 2. The van der Waals surface area contributed by atoms with Gasteiger partial charge in [0.05, 0.1) is 13.2 Å². The third-order valence-electron chi connectivity index (χ3n) is 2.85. The number of amides is 1. The molecule has 0 bridgehead atoms. The Bertz CT molecular complexity index is 554. The van der Waals surface area contributed by atoms with Gasteiger partial charge >= 0.3 is 0 Å². The van der Waals surface area contributed by atoms with Gasteiger partial charge in [0, 0.05) is 6.54 Å². The van der Waals surface area contributed by atoms with Gasteiger partial charge in [-0.1, -0.05) is 0 Å². The van der Waals surface area contributed by atoms with E-state index in [1.54, 1.807) is 31.4 Å². The Kier molecular flexibility index (Phi) is 5.59. The molecule has 0 spiro atoms. The van der Waals surface area contributed by atoms with E-state index in [0.717, 1.165) is 11.3 Å². The van der Waals surface area contributed by atoms with Crippen molar-refractivity contribution in [1.29, 1.82) is 0 Å². The first-order chi connectivity index (χ1) is 10.2. The zero-order chi connectivity index (χ0) is 15.1. The smallest absolute Gasteiger partial charge is 0.258 e. The summed E-state index contributed by atoms with van der Waals surface area (Å²) >= 11 is 1.51. The van der Waals surface area contributed by atoms with Crippen molar-refractivity contribution in [2.24, 2.45) is 0 Å². The fourth-order valence-electron chi connectivity index (χ4n) is 1.66. The van der Waals surface area contributed by atoms with Crippen LogP contribution in [0.15, 0.2) is 41.1 Å². The minimum atomic E-state index is -0.693. The van der Waals surface area contributed by atoms with E-state index in [9.17, 15) is 9.90 Å². The van der Waals surface area contributed by atoms with Crippen LogP contribution < -0.4 is 14.8 Å². The average Bonchev–Trinajstić information content (AvgIpc) is 3.05. The van der Waals surface area contributed by atoms with Crippen molar-refractivity contribution in [3.63, 3.8) is 0 Å². The van der Waals surface area contributed by atoms with Crippen molar-refractivity contribution in [2.75, 3.05) is 20.3 Å². The number of benzene rings is 1. The van der Waals surface area contributed by atoms with Crippen molar-refractivity contribution in [2.45, 2.75) is 6.10 Å². The first-order valence-corrected chi connectivity index (χ1v) is 7.37. The lowest BCUT2D eigenvalue weighted by molar-refractivity contribution is -0.123. The number of nitrogens with one attached hydrogen (secondary N) is 1. The predicted molar refractivity (Wildman–Crippen MR) is 80.8 cm³/mol. The molecule has 0 aliphatic carbocycles. The lowest BCUT2D eigenvalue weighted by Crippen LogP contribution is -2.32. The number of hydrogen-bond donors (Lipinski definition) is 2. The Hall–Kier alpha value is -2.05. The highest BCUT2D eigenvalue weighted by Crippen LogP contribution is 2.17. The van der Waals surface area contributed by atoms with Crippen molar-refractivity contribution in [1.82, 2.24) is 5.32 Å². The second-order valence-electron chi connectivity index (χ2n) is 4.34. The maximum absolute atomic E-state index is 11.6. The molecule has 0 saturated carbocycles. The molecule has 1 amide bonds. The van der Waals surface area contributed by atoms with E-state index < -0.39 is 6.10 Å². The fraction of sp³-hybridized carbons (Fsp3) is 0.267. The standard InChI is InChI=1S/C15H17NO4S/c1-19-12-2-4-13(5-3-12)20-9-15(18)16-8-14(17)11-6-7-21-10-11/h2-7,10,14,17H,8-9H2,1H3,(H,16,18). The molecule has 2 aromatic rings. The number of aliphatic hydroxyl groups is 1. The SMILES string of the molecule is COc1ccc(OCC(=O)NCC(O)c2ccsc2)cc1. The number of aliphatic hydroxyl groups excluding tert-OH is 1. The van der Waals surface area contributed by atoms with E-state index in [-0.39, 0.29) is 19.1 Å². The quantitative estimate of drug-likeness (QED) is 0.821. The molecule has 1 unspecified atom stereocenters. The largest absolute Gasteiger partial charge is 0.497 e. The number of thiophene rings is 1. The maximum Gasteiger partial charge on any atom is 0.258 e. The summed E-state index contributed by atoms with van der Waals surface area (Å²) in [4.78, 5) is 11.6. The summed E-state index contributed by atoms with van der Waals surface area (Å²) in [5, 5.41) is 16.2. The van der Waals surface area contributed by atoms with Crippen LogP contribution in [-0.4, -0.2) is 31.3 Å². The summed E-state index contributed by atoms with van der Waals surface area (Å²) in [5.74, 6) is 1.04.